The van der Waals surface area contributed by atoms with E-state index in [2.05, 4.69) is 32.5 Å². The Morgan fingerprint density at radius 3 is 2.45 bits per heavy atom. The van der Waals surface area contributed by atoms with Crippen LogP contribution in [0.15, 0.2) is 73.3 Å². The van der Waals surface area contributed by atoms with Crippen LogP contribution in [0.1, 0.15) is 28.5 Å². The number of aryl methyl sites for hydroxylation is 1. The molecule has 1 amide bonds. The lowest BCUT2D eigenvalue weighted by atomic mass is 10.1. The minimum Gasteiger partial charge on any atom is -0.346 e. The first kappa shape index (κ1) is 18.5. The molecule has 0 aliphatic heterocycles. The van der Waals surface area contributed by atoms with Crippen molar-refractivity contribution in [3.05, 3.63) is 90.1 Å². The van der Waals surface area contributed by atoms with Crippen LogP contribution < -0.4 is 5.32 Å². The van der Waals surface area contributed by atoms with E-state index in [1.807, 2.05) is 48.5 Å². The van der Waals surface area contributed by atoms with Crippen molar-refractivity contribution >= 4 is 5.91 Å². The van der Waals surface area contributed by atoms with Crippen LogP contribution in [-0.4, -0.2) is 30.9 Å². The van der Waals surface area contributed by atoms with Gasteiger partial charge in [-0.2, -0.15) is 0 Å². The first-order chi connectivity index (χ1) is 14.3. The van der Waals surface area contributed by atoms with Crippen LogP contribution in [0.25, 0.3) is 16.9 Å². The largest absolute Gasteiger partial charge is 0.346 e. The monoisotopic (exact) mass is 384 g/mol. The summed E-state index contributed by atoms with van der Waals surface area (Å²) in [6.07, 6.45) is 7.74. The lowest BCUT2D eigenvalue weighted by Gasteiger charge is -2.09. The summed E-state index contributed by atoms with van der Waals surface area (Å²) in [5.74, 6) is -0.294. The lowest BCUT2D eigenvalue weighted by Crippen LogP contribution is -2.24. The number of hydrogen-bond acceptors (Lipinski definition) is 5. The third kappa shape index (κ3) is 4.03. The molecular formula is C22H20N6O. The average molecular weight is 384 g/mol. The van der Waals surface area contributed by atoms with Gasteiger partial charge in [0.15, 0.2) is 5.69 Å². The van der Waals surface area contributed by atoms with Crippen LogP contribution in [0, 0.1) is 0 Å². The molecule has 4 aromatic rings. The Labute approximate surface area is 168 Å². The minimum atomic E-state index is -0.294. The van der Waals surface area contributed by atoms with E-state index in [1.165, 1.54) is 5.56 Å². The molecule has 3 heterocycles. The molecule has 3 aromatic heterocycles. The Balaban J connectivity index is 1.70. The second kappa shape index (κ2) is 8.43. The molecule has 0 fully saturated rings. The molecule has 0 saturated heterocycles. The quantitative estimate of drug-likeness (QED) is 0.552. The molecule has 0 saturated carbocycles. The number of nitrogens with one attached hydrogen (secondary N) is 1. The predicted molar refractivity (Wildman–Crippen MR) is 109 cm³/mol. The molecule has 0 aliphatic rings. The number of aromatic nitrogens is 5. The Morgan fingerprint density at radius 2 is 1.76 bits per heavy atom. The van der Waals surface area contributed by atoms with Gasteiger partial charge in [0.2, 0.25) is 0 Å². The molecule has 7 nitrogen and oxygen atoms in total. The zero-order chi connectivity index (χ0) is 20.1. The van der Waals surface area contributed by atoms with Crippen LogP contribution in [0.3, 0.4) is 0 Å². The smallest absolute Gasteiger partial charge is 0.274 e. The second-order valence-corrected chi connectivity index (χ2v) is 6.50. The van der Waals surface area contributed by atoms with E-state index in [0.717, 1.165) is 23.2 Å². The van der Waals surface area contributed by atoms with Gasteiger partial charge in [0.25, 0.3) is 5.91 Å². The second-order valence-electron chi connectivity index (χ2n) is 6.50. The van der Waals surface area contributed by atoms with Gasteiger partial charge in [-0.05, 0) is 53.9 Å². The molecule has 0 aliphatic carbocycles. The van der Waals surface area contributed by atoms with Crippen LogP contribution in [0.5, 0.6) is 0 Å². The number of pyridine rings is 2. The molecule has 29 heavy (non-hydrogen) atoms. The number of carbonyl (C=O) groups excluding carboxylic acids is 1. The summed E-state index contributed by atoms with van der Waals surface area (Å²) < 4.78 is 1.68. The van der Waals surface area contributed by atoms with Gasteiger partial charge in [-0.25, -0.2) is 4.68 Å². The Kier molecular flexibility index (Phi) is 5.38. The van der Waals surface area contributed by atoms with Crippen molar-refractivity contribution in [1.82, 2.24) is 30.3 Å². The highest BCUT2D eigenvalue weighted by atomic mass is 16.2. The van der Waals surface area contributed by atoms with E-state index < -0.39 is 0 Å². The molecular weight excluding hydrogens is 364 g/mol. The highest BCUT2D eigenvalue weighted by Crippen LogP contribution is 2.25. The van der Waals surface area contributed by atoms with Crippen LogP contribution in [0.2, 0.25) is 0 Å². The normalized spacial score (nSPS) is 10.7. The summed E-state index contributed by atoms with van der Waals surface area (Å²) in [4.78, 5) is 21.1. The zero-order valence-electron chi connectivity index (χ0n) is 16.0. The van der Waals surface area contributed by atoms with E-state index in [-0.39, 0.29) is 11.6 Å². The van der Waals surface area contributed by atoms with Crippen molar-refractivity contribution in [2.75, 3.05) is 0 Å². The summed E-state index contributed by atoms with van der Waals surface area (Å²) >= 11 is 0. The molecule has 1 N–H and O–H groups in total. The zero-order valence-corrected chi connectivity index (χ0v) is 16.0. The van der Waals surface area contributed by atoms with E-state index in [9.17, 15) is 4.79 Å². The molecule has 0 bridgehead atoms. The predicted octanol–water partition coefficient (Wildman–Crippen LogP) is 3.22. The first-order valence-corrected chi connectivity index (χ1v) is 9.38. The number of hydrogen-bond donors (Lipinski definition) is 1. The van der Waals surface area contributed by atoms with Crippen LogP contribution in [0.4, 0.5) is 0 Å². The number of amides is 1. The average Bonchev–Trinajstić information content (AvgIpc) is 3.24. The number of carbonyl (C=O) groups is 1. The molecule has 0 unspecified atom stereocenters. The minimum absolute atomic E-state index is 0.256. The van der Waals surface area contributed by atoms with E-state index >= 15 is 0 Å². The summed E-state index contributed by atoms with van der Waals surface area (Å²) in [7, 11) is 0. The maximum absolute atomic E-state index is 12.9. The van der Waals surface area contributed by atoms with Gasteiger partial charge in [0.05, 0.1) is 5.69 Å². The number of benzene rings is 1. The standard InChI is InChI=1S/C22H20N6O/c1-2-16-5-7-19(8-6-16)28-21(18-4-3-11-24-15-18)20(26-27-28)22(29)25-14-17-9-12-23-13-10-17/h3-13,15H,2,14H2,1H3,(H,25,29). The van der Waals surface area contributed by atoms with Crippen molar-refractivity contribution in [2.45, 2.75) is 19.9 Å². The fourth-order valence-electron chi connectivity index (χ4n) is 3.02. The van der Waals surface area contributed by atoms with E-state index in [1.54, 1.807) is 29.5 Å². The van der Waals surface area contributed by atoms with Gasteiger partial charge < -0.3 is 5.32 Å². The van der Waals surface area contributed by atoms with E-state index in [4.69, 9.17) is 0 Å². The number of nitrogens with zero attached hydrogens (tertiary/aromatic N) is 5. The van der Waals surface area contributed by atoms with Gasteiger partial charge >= 0.3 is 0 Å². The fourth-order valence-corrected chi connectivity index (χ4v) is 3.02. The maximum Gasteiger partial charge on any atom is 0.274 e. The van der Waals surface area contributed by atoms with Gasteiger partial charge in [-0.1, -0.05) is 24.3 Å². The molecule has 4 rings (SSSR count). The van der Waals surface area contributed by atoms with Crippen molar-refractivity contribution in [3.63, 3.8) is 0 Å². The molecule has 0 radical (unpaired) electrons. The third-order valence-electron chi connectivity index (χ3n) is 4.61. The fraction of sp³-hybridized carbons (Fsp3) is 0.136. The molecule has 144 valence electrons. The van der Waals surface area contributed by atoms with E-state index in [0.29, 0.717) is 12.2 Å². The van der Waals surface area contributed by atoms with Gasteiger partial charge in [0, 0.05) is 36.9 Å². The van der Waals surface area contributed by atoms with Gasteiger partial charge in [0.1, 0.15) is 5.69 Å². The highest BCUT2D eigenvalue weighted by molar-refractivity contribution is 5.98. The Hall–Kier alpha value is -3.87. The van der Waals surface area contributed by atoms with Crippen molar-refractivity contribution in [2.24, 2.45) is 0 Å². The summed E-state index contributed by atoms with van der Waals surface area (Å²) in [5, 5.41) is 11.4. The van der Waals surface area contributed by atoms with Gasteiger partial charge in [-0.3, -0.25) is 14.8 Å². The summed E-state index contributed by atoms with van der Waals surface area (Å²) in [5.41, 5.74) is 4.65. The van der Waals surface area contributed by atoms with Crippen molar-refractivity contribution in [3.8, 4) is 16.9 Å². The molecule has 7 heteroatoms. The topological polar surface area (TPSA) is 85.6 Å². The third-order valence-corrected chi connectivity index (χ3v) is 4.61. The van der Waals surface area contributed by atoms with Crippen molar-refractivity contribution < 1.29 is 4.79 Å². The van der Waals surface area contributed by atoms with Crippen molar-refractivity contribution in [1.29, 1.82) is 0 Å². The lowest BCUT2D eigenvalue weighted by molar-refractivity contribution is 0.0946. The van der Waals surface area contributed by atoms with Crippen LogP contribution >= 0.6 is 0 Å². The summed E-state index contributed by atoms with van der Waals surface area (Å²) in [6.45, 7) is 2.49. The SMILES string of the molecule is CCc1ccc(-n2nnc(C(=O)NCc3ccncc3)c2-c2cccnc2)cc1. The number of rotatable bonds is 6. The Morgan fingerprint density at radius 1 is 0.966 bits per heavy atom. The Bertz CT molecular complexity index is 1090. The van der Waals surface area contributed by atoms with Gasteiger partial charge in [-0.15, -0.1) is 5.10 Å². The van der Waals surface area contributed by atoms with Crippen LogP contribution in [-0.2, 0) is 13.0 Å². The molecule has 1 aromatic carbocycles. The molecule has 0 atom stereocenters. The summed E-state index contributed by atoms with van der Waals surface area (Å²) in [6, 6.07) is 15.5. The highest BCUT2D eigenvalue weighted by Gasteiger charge is 2.22. The molecule has 0 spiro atoms. The maximum atomic E-state index is 12.9. The first-order valence-electron chi connectivity index (χ1n) is 9.38.